The lowest BCUT2D eigenvalue weighted by Crippen LogP contribution is -2.49. The number of nitrogens with one attached hydrogen (secondary N) is 1. The number of benzene rings is 2. The third-order valence-electron chi connectivity index (χ3n) is 6.79. The number of hydrogen-bond acceptors (Lipinski definition) is 11. The van der Waals surface area contributed by atoms with Gasteiger partial charge in [0, 0.05) is 31.8 Å². The number of amides is 2. The molecule has 0 spiro atoms. The number of rotatable bonds is 10. The van der Waals surface area contributed by atoms with Crippen molar-refractivity contribution < 1.29 is 53.1 Å². The number of hydrogen-bond donors (Lipinski definition) is 3. The van der Waals surface area contributed by atoms with Crippen LogP contribution < -0.4 is 19.7 Å². The lowest BCUT2D eigenvalue weighted by molar-refractivity contribution is -0.180. The molecule has 0 saturated heterocycles. The number of fused-ring (bicyclic) bond motifs is 1. The quantitative estimate of drug-likeness (QED) is 0.213. The second-order valence-corrected chi connectivity index (χ2v) is 11.3. The fraction of sp³-hybridized carbons (Fsp3) is 0.294. The van der Waals surface area contributed by atoms with E-state index in [1.807, 2.05) is 18.2 Å². The summed E-state index contributed by atoms with van der Waals surface area (Å²) in [6.45, 7) is 3.76. The number of esters is 2. The average Bonchev–Trinajstić information content (AvgIpc) is 3.17. The molecular weight excluding hydrogens is 626 g/mol. The largest absolute Gasteiger partial charge is 0.489 e. The summed E-state index contributed by atoms with van der Waals surface area (Å²) in [5.41, 5.74) is -0.0309. The molecule has 1 aliphatic rings. The molecule has 3 N–H and O–H groups in total. The minimum absolute atomic E-state index is 0.0482. The Hall–Kier alpha value is -5.94. The molecule has 1 aliphatic heterocycles. The number of carbonyl (C=O) groups excluding carboxylic acids is 4. The van der Waals surface area contributed by atoms with E-state index < -0.39 is 53.4 Å². The number of aliphatic hydroxyl groups excluding tert-OH is 1. The summed E-state index contributed by atoms with van der Waals surface area (Å²) >= 11 is 0. The molecule has 3 aromatic rings. The van der Waals surface area contributed by atoms with Crippen LogP contribution in [-0.4, -0.2) is 83.4 Å². The zero-order valence-corrected chi connectivity index (χ0v) is 26.5. The Balaban J connectivity index is 1.40. The van der Waals surface area contributed by atoms with Gasteiger partial charge in [-0.2, -0.15) is 0 Å². The smallest absolute Gasteiger partial charge is 0.348 e. The second-order valence-electron chi connectivity index (χ2n) is 11.3. The van der Waals surface area contributed by atoms with Crippen molar-refractivity contribution in [3.8, 4) is 29.1 Å². The first-order valence-electron chi connectivity index (χ1n) is 14.6. The van der Waals surface area contributed by atoms with Crippen LogP contribution in [0.1, 0.15) is 36.8 Å². The highest BCUT2D eigenvalue weighted by atomic mass is 16.6. The molecule has 250 valence electrons. The molecule has 1 aromatic heterocycles. The van der Waals surface area contributed by atoms with Crippen LogP contribution in [0.25, 0.3) is 0 Å². The minimum atomic E-state index is -2.24. The Labute approximate surface area is 275 Å². The lowest BCUT2D eigenvalue weighted by atomic mass is 9.95. The van der Waals surface area contributed by atoms with Gasteiger partial charge in [0.25, 0.3) is 11.8 Å². The molecule has 14 heteroatoms. The molecule has 2 aromatic carbocycles. The fourth-order valence-corrected chi connectivity index (χ4v) is 4.30. The molecule has 0 radical (unpaired) electrons. The Morgan fingerprint density at radius 3 is 2.52 bits per heavy atom. The van der Waals surface area contributed by atoms with E-state index in [0.717, 1.165) is 6.92 Å². The summed E-state index contributed by atoms with van der Waals surface area (Å²) in [4.78, 5) is 66.5. The topological polar surface area (TPSA) is 191 Å². The molecule has 2 amide bonds. The summed E-state index contributed by atoms with van der Waals surface area (Å²) in [6, 6.07) is 16.0. The van der Waals surface area contributed by atoms with Crippen LogP contribution in [0.4, 0.5) is 5.69 Å². The number of carboxylic acid groups (broad SMARTS) is 1. The summed E-state index contributed by atoms with van der Waals surface area (Å²) in [6.07, 6.45) is -2.93. The molecule has 48 heavy (non-hydrogen) atoms. The molecule has 0 saturated carbocycles. The van der Waals surface area contributed by atoms with Crippen molar-refractivity contribution in [3.63, 3.8) is 0 Å². The first kappa shape index (κ1) is 34.9. The van der Waals surface area contributed by atoms with Gasteiger partial charge >= 0.3 is 17.9 Å². The fourth-order valence-electron chi connectivity index (χ4n) is 4.30. The molecule has 0 bridgehead atoms. The summed E-state index contributed by atoms with van der Waals surface area (Å²) in [5.74, 6) is 2.21. The van der Waals surface area contributed by atoms with Crippen molar-refractivity contribution >= 4 is 35.4 Å². The third-order valence-corrected chi connectivity index (χ3v) is 6.79. The number of nitrogens with zero attached hydrogens (tertiary/aromatic N) is 2. The van der Waals surface area contributed by atoms with E-state index in [4.69, 9.17) is 19.3 Å². The summed E-state index contributed by atoms with van der Waals surface area (Å²) in [5, 5.41) is 21.8. The molecule has 3 atom stereocenters. The number of aliphatic hydroxyl groups is 1. The van der Waals surface area contributed by atoms with Gasteiger partial charge in [-0.05, 0) is 50.2 Å². The summed E-state index contributed by atoms with van der Waals surface area (Å²) < 4.78 is 21.2. The van der Waals surface area contributed by atoms with Gasteiger partial charge in [0.05, 0.1) is 11.1 Å². The number of carbonyl (C=O) groups is 5. The highest BCUT2D eigenvalue weighted by Gasteiger charge is 2.37. The van der Waals surface area contributed by atoms with Gasteiger partial charge in [-0.1, -0.05) is 30.0 Å². The highest BCUT2D eigenvalue weighted by Crippen LogP contribution is 2.32. The summed E-state index contributed by atoms with van der Waals surface area (Å²) in [7, 11) is 1.54. The number of para-hydroxylation sites is 1. The van der Waals surface area contributed by atoms with E-state index >= 15 is 0 Å². The van der Waals surface area contributed by atoms with Crippen molar-refractivity contribution in [3.05, 3.63) is 78.1 Å². The molecule has 0 aliphatic carbocycles. The van der Waals surface area contributed by atoms with Gasteiger partial charge in [0.15, 0.2) is 6.10 Å². The maximum Gasteiger partial charge on any atom is 0.348 e. The molecule has 0 fully saturated rings. The van der Waals surface area contributed by atoms with Gasteiger partial charge in [0.2, 0.25) is 6.10 Å². The van der Waals surface area contributed by atoms with Crippen molar-refractivity contribution in [1.82, 2.24) is 10.3 Å². The van der Waals surface area contributed by atoms with Crippen molar-refractivity contribution in [2.75, 3.05) is 25.2 Å². The van der Waals surface area contributed by atoms with Gasteiger partial charge in [-0.3, -0.25) is 19.4 Å². The Morgan fingerprint density at radius 1 is 1.10 bits per heavy atom. The van der Waals surface area contributed by atoms with Crippen molar-refractivity contribution in [1.29, 1.82) is 0 Å². The number of aromatic nitrogens is 1. The number of pyridine rings is 1. The zero-order valence-electron chi connectivity index (χ0n) is 26.5. The van der Waals surface area contributed by atoms with E-state index in [1.54, 1.807) is 50.2 Å². The highest BCUT2D eigenvalue weighted by molar-refractivity contribution is 6.03. The van der Waals surface area contributed by atoms with Crippen LogP contribution in [0.5, 0.6) is 17.2 Å². The SMILES string of the molecule is CC(=O)O[C@@H](C(=O)O)[C@@H](O)C(=O)OCC(C)(C)C#Cc1ccc2c(c1)N(C)C(=O)[C@H](NC(=O)c1cc(Oc3ccccc3)ccn1)CO2. The normalized spacial score (nSPS) is 15.2. The van der Waals surface area contributed by atoms with E-state index in [1.165, 1.54) is 24.2 Å². The second kappa shape index (κ2) is 15.1. The molecule has 0 unspecified atom stereocenters. The van der Waals surface area contributed by atoms with E-state index in [-0.39, 0.29) is 18.9 Å². The van der Waals surface area contributed by atoms with E-state index in [9.17, 15) is 29.1 Å². The monoisotopic (exact) mass is 659 g/mol. The molecular formula is C34H33N3O11. The lowest BCUT2D eigenvalue weighted by Gasteiger charge is -2.21. The van der Waals surface area contributed by atoms with Gasteiger partial charge in [0.1, 0.15) is 42.2 Å². The van der Waals surface area contributed by atoms with Gasteiger partial charge < -0.3 is 39.4 Å². The van der Waals surface area contributed by atoms with Crippen LogP contribution in [0.15, 0.2) is 66.9 Å². The molecule has 4 rings (SSSR count). The van der Waals surface area contributed by atoms with Crippen LogP contribution in [0, 0.1) is 17.3 Å². The molecule has 14 nitrogen and oxygen atoms in total. The zero-order chi connectivity index (χ0) is 35.0. The average molecular weight is 660 g/mol. The number of aliphatic carboxylic acids is 1. The van der Waals surface area contributed by atoms with Gasteiger partial charge in [-0.15, -0.1) is 0 Å². The van der Waals surface area contributed by atoms with Crippen LogP contribution in [0.2, 0.25) is 0 Å². The van der Waals surface area contributed by atoms with Crippen molar-refractivity contribution in [2.24, 2.45) is 5.41 Å². The first-order valence-corrected chi connectivity index (χ1v) is 14.6. The number of carboxylic acids is 1. The minimum Gasteiger partial charge on any atom is -0.489 e. The van der Waals surface area contributed by atoms with Crippen LogP contribution >= 0.6 is 0 Å². The third kappa shape index (κ3) is 9.08. The molecule has 2 heterocycles. The van der Waals surface area contributed by atoms with Crippen molar-refractivity contribution in [2.45, 2.75) is 39.0 Å². The Bertz CT molecular complexity index is 1760. The maximum atomic E-state index is 13.4. The predicted octanol–water partition coefficient (Wildman–Crippen LogP) is 2.33. The Kier molecular flexibility index (Phi) is 11.0. The number of ether oxygens (including phenoxy) is 4. The standard InChI is InChI=1S/C34H33N3O11/c1-20(38)47-29(32(42)43)28(39)33(44)46-19-34(2,3)14-12-21-10-11-27-26(16-21)37(4)31(41)25(18-45-27)36-30(40)24-17-23(13-15-35-24)48-22-8-6-5-7-9-22/h5-11,13,15-17,25,28-29,39H,18-19H2,1-4H3,(H,36,40)(H,42,43)/t25-,28-,29-/m1/s1. The Morgan fingerprint density at radius 2 is 1.83 bits per heavy atom. The van der Waals surface area contributed by atoms with Crippen LogP contribution in [0.3, 0.4) is 0 Å². The van der Waals surface area contributed by atoms with E-state index in [2.05, 4.69) is 26.9 Å². The number of anilines is 1. The van der Waals surface area contributed by atoms with E-state index in [0.29, 0.717) is 28.5 Å². The first-order chi connectivity index (χ1) is 22.7. The van der Waals surface area contributed by atoms with Gasteiger partial charge in [-0.25, -0.2) is 9.59 Å². The maximum absolute atomic E-state index is 13.4. The van der Waals surface area contributed by atoms with Crippen LogP contribution in [-0.2, 0) is 28.7 Å². The number of likely N-dealkylation sites (N-methyl/N-ethyl adjacent to an activating group) is 1. The predicted molar refractivity (Wildman–Crippen MR) is 168 cm³/mol.